The van der Waals surface area contributed by atoms with Gasteiger partial charge in [-0.25, -0.2) is 0 Å². The zero-order chi connectivity index (χ0) is 13.9. The van der Waals surface area contributed by atoms with E-state index in [2.05, 4.69) is 30.9 Å². The van der Waals surface area contributed by atoms with Crippen molar-refractivity contribution in [2.75, 3.05) is 0 Å². The number of hydrogen-bond acceptors (Lipinski definition) is 5. The minimum atomic E-state index is -0.286. The maximum atomic E-state index is 11.6. The molecule has 1 aromatic rings. The molecule has 0 aromatic carbocycles. The number of hydrogen-bond donors (Lipinski definition) is 0. The summed E-state index contributed by atoms with van der Waals surface area (Å²) in [5.74, 6) is 1.77. The van der Waals surface area contributed by atoms with E-state index in [1.807, 2.05) is 13.8 Å². The summed E-state index contributed by atoms with van der Waals surface area (Å²) in [4.78, 5) is 15.9. The van der Waals surface area contributed by atoms with Crippen LogP contribution in [0.3, 0.4) is 0 Å². The first kappa shape index (κ1) is 15.2. The fraction of sp³-hybridized carbons (Fsp3) is 0.769. The third-order valence-electron chi connectivity index (χ3n) is 2.49. The minimum Gasteiger partial charge on any atom is -0.339 e. The Bertz CT molecular complexity index is 407. The standard InChI is InChI=1S/C13H22N2O2S/c1-8(2)11(9(3)16)12-14-10(15-17-12)7-18-13(4,5)6/h8,11H,7H2,1-6H3. The van der Waals surface area contributed by atoms with Crippen molar-refractivity contribution in [1.29, 1.82) is 0 Å². The van der Waals surface area contributed by atoms with Crippen LogP contribution in [0.4, 0.5) is 0 Å². The highest BCUT2D eigenvalue weighted by molar-refractivity contribution is 7.99. The van der Waals surface area contributed by atoms with Crippen molar-refractivity contribution in [3.8, 4) is 0 Å². The predicted molar refractivity (Wildman–Crippen MR) is 73.6 cm³/mol. The summed E-state index contributed by atoms with van der Waals surface area (Å²) in [6.07, 6.45) is 0. The Hall–Kier alpha value is -0.840. The molecular weight excluding hydrogens is 248 g/mol. The lowest BCUT2D eigenvalue weighted by Crippen LogP contribution is -2.15. The summed E-state index contributed by atoms with van der Waals surface area (Å²) in [7, 11) is 0. The van der Waals surface area contributed by atoms with Crippen molar-refractivity contribution in [1.82, 2.24) is 10.1 Å². The number of Topliss-reactive ketones (excluding diaryl/α,β-unsaturated/α-hetero) is 1. The van der Waals surface area contributed by atoms with Crippen LogP contribution in [0.2, 0.25) is 0 Å². The second-order valence-corrected chi connectivity index (χ2v) is 7.58. The second kappa shape index (κ2) is 5.87. The van der Waals surface area contributed by atoms with Crippen LogP contribution in [0.15, 0.2) is 4.52 Å². The molecule has 0 saturated carbocycles. The van der Waals surface area contributed by atoms with Crippen LogP contribution in [0, 0.1) is 5.92 Å². The minimum absolute atomic E-state index is 0.0728. The third-order valence-corrected chi connectivity index (χ3v) is 3.76. The number of ketones is 1. The molecule has 102 valence electrons. The molecule has 1 rings (SSSR count). The van der Waals surface area contributed by atoms with Crippen molar-refractivity contribution in [3.63, 3.8) is 0 Å². The molecule has 0 spiro atoms. The van der Waals surface area contributed by atoms with Crippen LogP contribution >= 0.6 is 11.8 Å². The summed E-state index contributed by atoms with van der Waals surface area (Å²) in [5.41, 5.74) is 0. The smallest absolute Gasteiger partial charge is 0.237 e. The summed E-state index contributed by atoms with van der Waals surface area (Å²) >= 11 is 1.76. The quantitative estimate of drug-likeness (QED) is 0.820. The van der Waals surface area contributed by atoms with Gasteiger partial charge in [-0.2, -0.15) is 4.98 Å². The first-order valence-corrected chi connectivity index (χ1v) is 7.16. The van der Waals surface area contributed by atoms with Gasteiger partial charge in [0.25, 0.3) is 0 Å². The monoisotopic (exact) mass is 270 g/mol. The maximum Gasteiger partial charge on any atom is 0.237 e. The lowest BCUT2D eigenvalue weighted by molar-refractivity contribution is -0.119. The van der Waals surface area contributed by atoms with Gasteiger partial charge in [0.1, 0.15) is 5.78 Å². The molecule has 0 saturated heterocycles. The van der Waals surface area contributed by atoms with Gasteiger partial charge in [-0.05, 0) is 12.8 Å². The average molecular weight is 270 g/mol. The number of carbonyl (C=O) groups excluding carboxylic acids is 1. The molecule has 1 atom stereocenters. The fourth-order valence-corrected chi connectivity index (χ4v) is 2.34. The van der Waals surface area contributed by atoms with Crippen LogP contribution in [-0.4, -0.2) is 20.7 Å². The van der Waals surface area contributed by atoms with Crippen LogP contribution in [0.25, 0.3) is 0 Å². The van der Waals surface area contributed by atoms with Gasteiger partial charge >= 0.3 is 0 Å². The van der Waals surface area contributed by atoms with E-state index in [1.165, 1.54) is 0 Å². The summed E-state index contributed by atoms with van der Waals surface area (Å²) in [6.45, 7) is 12.0. The molecule has 4 nitrogen and oxygen atoms in total. The summed E-state index contributed by atoms with van der Waals surface area (Å²) in [5, 5.41) is 3.95. The Morgan fingerprint density at radius 3 is 2.44 bits per heavy atom. The maximum absolute atomic E-state index is 11.6. The van der Waals surface area contributed by atoms with Crippen molar-refractivity contribution < 1.29 is 9.32 Å². The molecule has 1 heterocycles. The Balaban J connectivity index is 2.76. The van der Waals surface area contributed by atoms with E-state index in [1.54, 1.807) is 18.7 Å². The molecule has 18 heavy (non-hydrogen) atoms. The number of carbonyl (C=O) groups is 1. The molecule has 1 aromatic heterocycles. The van der Waals surface area contributed by atoms with Crippen molar-refractivity contribution >= 4 is 17.5 Å². The lowest BCUT2D eigenvalue weighted by Gasteiger charge is -2.15. The highest BCUT2D eigenvalue weighted by Crippen LogP contribution is 2.28. The van der Waals surface area contributed by atoms with Gasteiger partial charge in [-0.15, -0.1) is 11.8 Å². The summed E-state index contributed by atoms with van der Waals surface area (Å²) in [6, 6.07) is 0. The number of aromatic nitrogens is 2. The highest BCUT2D eigenvalue weighted by atomic mass is 32.2. The Labute approximate surface area is 113 Å². The van der Waals surface area contributed by atoms with Crippen LogP contribution in [-0.2, 0) is 10.5 Å². The van der Waals surface area contributed by atoms with Gasteiger partial charge in [0.2, 0.25) is 5.89 Å². The fourth-order valence-electron chi connectivity index (χ4n) is 1.66. The van der Waals surface area contributed by atoms with Crippen molar-refractivity contribution in [2.45, 2.75) is 58.0 Å². The highest BCUT2D eigenvalue weighted by Gasteiger charge is 2.27. The first-order chi connectivity index (χ1) is 8.20. The predicted octanol–water partition coefficient (Wildman–Crippen LogP) is 3.43. The van der Waals surface area contributed by atoms with Gasteiger partial charge in [-0.3, -0.25) is 4.79 Å². The van der Waals surface area contributed by atoms with Gasteiger partial charge in [0, 0.05) is 4.75 Å². The molecule has 0 aliphatic heterocycles. The van der Waals surface area contributed by atoms with E-state index >= 15 is 0 Å². The molecule has 0 amide bonds. The Morgan fingerprint density at radius 1 is 1.39 bits per heavy atom. The topological polar surface area (TPSA) is 56.0 Å². The molecule has 0 aliphatic carbocycles. The summed E-state index contributed by atoms with van der Waals surface area (Å²) < 4.78 is 5.38. The second-order valence-electron chi connectivity index (χ2n) is 5.78. The normalized spacial score (nSPS) is 13.9. The molecule has 0 fully saturated rings. The van der Waals surface area contributed by atoms with E-state index in [0.29, 0.717) is 17.5 Å². The van der Waals surface area contributed by atoms with Crippen molar-refractivity contribution in [3.05, 3.63) is 11.7 Å². The molecule has 0 radical (unpaired) electrons. The number of nitrogens with zero attached hydrogens (tertiary/aromatic N) is 2. The SMILES string of the molecule is CC(=O)C(c1nc(CSC(C)(C)C)no1)C(C)C. The van der Waals surface area contributed by atoms with Gasteiger partial charge < -0.3 is 4.52 Å². The van der Waals surface area contributed by atoms with E-state index in [9.17, 15) is 4.79 Å². The van der Waals surface area contributed by atoms with Crippen LogP contribution in [0.1, 0.15) is 59.2 Å². The number of thioether (sulfide) groups is 1. The zero-order valence-corrected chi connectivity index (χ0v) is 12.8. The molecule has 0 aliphatic rings. The Morgan fingerprint density at radius 2 is 2.00 bits per heavy atom. The lowest BCUT2D eigenvalue weighted by atomic mass is 9.92. The zero-order valence-electron chi connectivity index (χ0n) is 12.0. The van der Waals surface area contributed by atoms with Gasteiger partial charge in [-0.1, -0.05) is 39.8 Å². The molecule has 0 bridgehead atoms. The number of rotatable bonds is 5. The van der Waals surface area contributed by atoms with E-state index in [-0.39, 0.29) is 22.4 Å². The van der Waals surface area contributed by atoms with Crippen molar-refractivity contribution in [2.24, 2.45) is 5.92 Å². The average Bonchev–Trinajstić information content (AvgIpc) is 2.61. The molecular formula is C13H22N2O2S. The Kier molecular flexibility index (Phi) is 4.96. The van der Waals surface area contributed by atoms with Crippen LogP contribution in [0.5, 0.6) is 0 Å². The third kappa shape index (κ3) is 4.44. The molecule has 0 N–H and O–H groups in total. The van der Waals surface area contributed by atoms with Gasteiger partial charge in [0.05, 0.1) is 11.7 Å². The van der Waals surface area contributed by atoms with Gasteiger partial charge in [0.15, 0.2) is 5.82 Å². The molecule has 5 heteroatoms. The van der Waals surface area contributed by atoms with E-state index in [4.69, 9.17) is 4.52 Å². The largest absolute Gasteiger partial charge is 0.339 e. The van der Waals surface area contributed by atoms with E-state index < -0.39 is 0 Å². The molecule has 1 unspecified atom stereocenters. The van der Waals surface area contributed by atoms with Crippen LogP contribution < -0.4 is 0 Å². The first-order valence-electron chi connectivity index (χ1n) is 6.17. The van der Waals surface area contributed by atoms with E-state index in [0.717, 1.165) is 0 Å².